The molecule has 0 saturated carbocycles. The van der Waals surface area contributed by atoms with Crippen molar-refractivity contribution in [1.82, 2.24) is 4.98 Å². The fraction of sp³-hybridized carbons (Fsp3) is 0.500. The summed E-state index contributed by atoms with van der Waals surface area (Å²) in [5.74, 6) is -0.0315. The molecule has 1 aromatic heterocycles. The van der Waals surface area contributed by atoms with Crippen LogP contribution in [0.25, 0.3) is 0 Å². The van der Waals surface area contributed by atoms with Crippen molar-refractivity contribution in [3.63, 3.8) is 0 Å². The number of H-pyrrole nitrogens is 1. The summed E-state index contributed by atoms with van der Waals surface area (Å²) in [5.41, 5.74) is -1.26. The van der Waals surface area contributed by atoms with Gasteiger partial charge in [-0.1, -0.05) is 19.9 Å². The fourth-order valence-corrected chi connectivity index (χ4v) is 1.26. The molecule has 0 aliphatic heterocycles. The average Bonchev–Trinajstić information content (AvgIpc) is 2.15. The van der Waals surface area contributed by atoms with Crippen LogP contribution in [0.3, 0.4) is 0 Å². The number of nitrogens with one attached hydrogen (secondary N) is 1. The Morgan fingerprint density at radius 2 is 2.00 bits per heavy atom. The number of aromatic nitrogens is 1. The highest BCUT2D eigenvalue weighted by Gasteiger charge is 2.32. The highest BCUT2D eigenvalue weighted by molar-refractivity contribution is 5.19. The van der Waals surface area contributed by atoms with Crippen LogP contribution in [0.4, 0.5) is 13.2 Å². The molecule has 0 aliphatic rings. The van der Waals surface area contributed by atoms with Gasteiger partial charge in [-0.3, -0.25) is 4.79 Å². The van der Waals surface area contributed by atoms with E-state index in [1.54, 1.807) is 6.92 Å². The maximum absolute atomic E-state index is 12.2. The minimum atomic E-state index is -4.49. The number of aromatic amines is 1. The molecule has 1 heterocycles. The monoisotopic (exact) mass is 219 g/mol. The van der Waals surface area contributed by atoms with E-state index in [1.807, 2.05) is 11.9 Å². The SMILES string of the molecule is CCC(C)c1ccc(C(F)(F)F)[nH]c1=O. The molecule has 0 spiro atoms. The zero-order valence-electron chi connectivity index (χ0n) is 8.48. The van der Waals surface area contributed by atoms with Crippen molar-refractivity contribution >= 4 is 0 Å². The first-order chi connectivity index (χ1) is 6.86. The highest BCUT2D eigenvalue weighted by atomic mass is 19.4. The zero-order chi connectivity index (χ0) is 11.6. The lowest BCUT2D eigenvalue weighted by molar-refractivity contribution is -0.141. The van der Waals surface area contributed by atoms with Gasteiger partial charge in [-0.25, -0.2) is 0 Å². The standard InChI is InChI=1S/C10H12F3NO/c1-3-6(2)7-4-5-8(10(11,12)13)14-9(7)15/h4-6H,3H2,1-2H3,(H,14,15). The van der Waals surface area contributed by atoms with Crippen molar-refractivity contribution in [2.75, 3.05) is 0 Å². The third-order valence-corrected chi connectivity index (χ3v) is 2.39. The van der Waals surface area contributed by atoms with E-state index in [0.29, 0.717) is 12.0 Å². The van der Waals surface area contributed by atoms with Crippen LogP contribution in [-0.2, 0) is 6.18 Å². The Balaban J connectivity index is 3.15. The predicted octanol–water partition coefficient (Wildman–Crippen LogP) is 2.91. The van der Waals surface area contributed by atoms with Gasteiger partial charge in [-0.15, -0.1) is 0 Å². The Bertz CT molecular complexity index is 394. The van der Waals surface area contributed by atoms with Crippen LogP contribution in [0.2, 0.25) is 0 Å². The summed E-state index contributed by atoms with van der Waals surface area (Å²) in [6, 6.07) is 2.15. The molecule has 1 rings (SSSR count). The van der Waals surface area contributed by atoms with E-state index in [2.05, 4.69) is 0 Å². The molecule has 0 bridgehead atoms. The third-order valence-electron chi connectivity index (χ3n) is 2.39. The molecule has 15 heavy (non-hydrogen) atoms. The number of hydrogen-bond acceptors (Lipinski definition) is 1. The molecule has 1 aromatic rings. The van der Waals surface area contributed by atoms with Gasteiger partial charge < -0.3 is 4.98 Å². The summed E-state index contributed by atoms with van der Waals surface area (Å²) in [6.45, 7) is 3.68. The number of rotatable bonds is 2. The first-order valence-electron chi connectivity index (χ1n) is 4.66. The summed E-state index contributed by atoms with van der Waals surface area (Å²) >= 11 is 0. The average molecular weight is 219 g/mol. The molecular weight excluding hydrogens is 207 g/mol. The van der Waals surface area contributed by atoms with Crippen LogP contribution >= 0.6 is 0 Å². The van der Waals surface area contributed by atoms with Crippen molar-refractivity contribution in [2.45, 2.75) is 32.4 Å². The number of alkyl halides is 3. The largest absolute Gasteiger partial charge is 0.431 e. The van der Waals surface area contributed by atoms with E-state index in [4.69, 9.17) is 0 Å². The summed E-state index contributed by atoms with van der Waals surface area (Å²) in [5, 5.41) is 0. The van der Waals surface area contributed by atoms with Crippen molar-refractivity contribution in [3.05, 3.63) is 33.7 Å². The maximum atomic E-state index is 12.2. The summed E-state index contributed by atoms with van der Waals surface area (Å²) in [4.78, 5) is 13.2. The molecule has 1 unspecified atom stereocenters. The van der Waals surface area contributed by atoms with Gasteiger partial charge in [-0.05, 0) is 18.4 Å². The van der Waals surface area contributed by atoms with Crippen LogP contribution in [-0.4, -0.2) is 4.98 Å². The smallest absolute Gasteiger partial charge is 0.318 e. The number of hydrogen-bond donors (Lipinski definition) is 1. The van der Waals surface area contributed by atoms with E-state index in [1.165, 1.54) is 6.07 Å². The predicted molar refractivity (Wildman–Crippen MR) is 50.8 cm³/mol. The second kappa shape index (κ2) is 4.08. The lowest BCUT2D eigenvalue weighted by atomic mass is 10.0. The van der Waals surface area contributed by atoms with Gasteiger partial charge in [0, 0.05) is 5.56 Å². The van der Waals surface area contributed by atoms with Crippen LogP contribution in [0, 0.1) is 0 Å². The molecule has 0 fully saturated rings. The van der Waals surface area contributed by atoms with Crippen LogP contribution < -0.4 is 5.56 Å². The van der Waals surface area contributed by atoms with Gasteiger partial charge in [0.15, 0.2) is 0 Å². The Morgan fingerprint density at radius 1 is 1.40 bits per heavy atom. The van der Waals surface area contributed by atoms with Crippen molar-refractivity contribution < 1.29 is 13.2 Å². The Morgan fingerprint density at radius 3 is 2.40 bits per heavy atom. The van der Waals surface area contributed by atoms with Crippen LogP contribution in [0.5, 0.6) is 0 Å². The molecule has 0 aliphatic carbocycles. The normalized spacial score (nSPS) is 13.9. The lowest BCUT2D eigenvalue weighted by Gasteiger charge is -2.10. The van der Waals surface area contributed by atoms with Gasteiger partial charge in [0.1, 0.15) is 5.69 Å². The van der Waals surface area contributed by atoms with Gasteiger partial charge in [0.25, 0.3) is 5.56 Å². The lowest BCUT2D eigenvalue weighted by Crippen LogP contribution is -2.20. The Labute approximate surface area is 85.1 Å². The van der Waals surface area contributed by atoms with Gasteiger partial charge in [0.2, 0.25) is 0 Å². The van der Waals surface area contributed by atoms with E-state index >= 15 is 0 Å². The third kappa shape index (κ3) is 2.61. The summed E-state index contributed by atoms with van der Waals surface area (Å²) in [7, 11) is 0. The van der Waals surface area contributed by atoms with E-state index in [-0.39, 0.29) is 5.92 Å². The minimum absolute atomic E-state index is 0.0315. The summed E-state index contributed by atoms with van der Waals surface area (Å²) in [6.07, 6.45) is -3.78. The molecule has 0 amide bonds. The molecule has 0 aromatic carbocycles. The second-order valence-corrected chi connectivity index (χ2v) is 3.46. The minimum Gasteiger partial charge on any atom is -0.318 e. The maximum Gasteiger partial charge on any atom is 0.431 e. The topological polar surface area (TPSA) is 32.9 Å². The van der Waals surface area contributed by atoms with E-state index in [9.17, 15) is 18.0 Å². The highest BCUT2D eigenvalue weighted by Crippen LogP contribution is 2.27. The second-order valence-electron chi connectivity index (χ2n) is 3.46. The first-order valence-corrected chi connectivity index (χ1v) is 4.66. The molecular formula is C10H12F3NO. The molecule has 84 valence electrons. The van der Waals surface area contributed by atoms with Crippen molar-refractivity contribution in [1.29, 1.82) is 0 Å². The molecule has 1 N–H and O–H groups in total. The Hall–Kier alpha value is -1.26. The van der Waals surface area contributed by atoms with Crippen LogP contribution in [0.15, 0.2) is 16.9 Å². The molecule has 2 nitrogen and oxygen atoms in total. The van der Waals surface area contributed by atoms with Gasteiger partial charge >= 0.3 is 6.18 Å². The number of halogens is 3. The zero-order valence-corrected chi connectivity index (χ0v) is 8.48. The molecule has 5 heteroatoms. The molecule has 0 radical (unpaired) electrons. The first kappa shape index (κ1) is 11.8. The van der Waals surface area contributed by atoms with Gasteiger partial charge in [0.05, 0.1) is 0 Å². The number of pyridine rings is 1. The van der Waals surface area contributed by atoms with Crippen molar-refractivity contribution in [2.24, 2.45) is 0 Å². The fourth-order valence-electron chi connectivity index (χ4n) is 1.26. The van der Waals surface area contributed by atoms with E-state index in [0.717, 1.165) is 6.07 Å². The quantitative estimate of drug-likeness (QED) is 0.815. The van der Waals surface area contributed by atoms with Crippen LogP contribution in [0.1, 0.15) is 37.4 Å². The summed E-state index contributed by atoms with van der Waals surface area (Å²) < 4.78 is 36.6. The molecule has 1 atom stereocenters. The van der Waals surface area contributed by atoms with E-state index < -0.39 is 17.4 Å². The van der Waals surface area contributed by atoms with Crippen molar-refractivity contribution in [3.8, 4) is 0 Å². The van der Waals surface area contributed by atoms with Gasteiger partial charge in [-0.2, -0.15) is 13.2 Å². The Kier molecular flexibility index (Phi) is 3.21. The molecule has 0 saturated heterocycles.